The van der Waals surface area contributed by atoms with E-state index < -0.39 is 5.82 Å². The molecule has 0 spiro atoms. The van der Waals surface area contributed by atoms with Gasteiger partial charge in [-0.05, 0) is 12.3 Å². The fourth-order valence-corrected chi connectivity index (χ4v) is 1.87. The number of methoxy groups -OCH3 is 2. The number of hydrogen-bond donors (Lipinski definition) is 0. The number of thioether (sulfide) groups is 1. The average molecular weight is 227 g/mol. The minimum absolute atomic E-state index is 0.129. The number of nitriles is 1. The van der Waals surface area contributed by atoms with Crippen molar-refractivity contribution in [2.45, 2.75) is 4.90 Å². The fraction of sp³-hybridized carbons (Fsp3) is 0.300. The highest BCUT2D eigenvalue weighted by Gasteiger charge is 2.19. The van der Waals surface area contributed by atoms with Gasteiger partial charge >= 0.3 is 0 Å². The Bertz CT molecular complexity index is 415. The quantitative estimate of drug-likeness (QED) is 0.744. The van der Waals surface area contributed by atoms with E-state index in [2.05, 4.69) is 0 Å². The molecule has 0 saturated heterocycles. The van der Waals surface area contributed by atoms with Crippen LogP contribution in [0.15, 0.2) is 11.0 Å². The van der Waals surface area contributed by atoms with Gasteiger partial charge in [0.15, 0.2) is 11.5 Å². The number of rotatable bonds is 3. The highest BCUT2D eigenvalue weighted by Crippen LogP contribution is 2.40. The molecule has 0 aromatic heterocycles. The lowest BCUT2D eigenvalue weighted by atomic mass is 10.2. The molecule has 0 N–H and O–H groups in total. The molecular weight excluding hydrogens is 217 g/mol. The van der Waals surface area contributed by atoms with Crippen molar-refractivity contribution in [3.63, 3.8) is 0 Å². The SMILES string of the molecule is COc1c(C#N)cc(F)c(SC)c1OC. The van der Waals surface area contributed by atoms with E-state index in [9.17, 15) is 4.39 Å². The average Bonchev–Trinajstić information content (AvgIpc) is 2.27. The van der Waals surface area contributed by atoms with Gasteiger partial charge in [-0.1, -0.05) is 0 Å². The Morgan fingerprint density at radius 3 is 2.33 bits per heavy atom. The Kier molecular flexibility index (Phi) is 3.81. The number of ether oxygens (including phenoxy) is 2. The topological polar surface area (TPSA) is 42.2 Å². The molecule has 1 rings (SSSR count). The van der Waals surface area contributed by atoms with Crippen molar-refractivity contribution in [3.05, 3.63) is 17.4 Å². The van der Waals surface area contributed by atoms with Crippen LogP contribution in [0.4, 0.5) is 4.39 Å². The Morgan fingerprint density at radius 2 is 1.93 bits per heavy atom. The monoisotopic (exact) mass is 227 g/mol. The van der Waals surface area contributed by atoms with E-state index in [-0.39, 0.29) is 17.1 Å². The van der Waals surface area contributed by atoms with Crippen molar-refractivity contribution in [1.29, 1.82) is 5.26 Å². The lowest BCUT2D eigenvalue weighted by molar-refractivity contribution is 0.342. The van der Waals surface area contributed by atoms with Crippen molar-refractivity contribution >= 4 is 11.8 Å². The lowest BCUT2D eigenvalue weighted by Crippen LogP contribution is -1.98. The molecule has 5 heteroatoms. The third kappa shape index (κ3) is 2.00. The van der Waals surface area contributed by atoms with Gasteiger partial charge in [-0.25, -0.2) is 4.39 Å². The smallest absolute Gasteiger partial charge is 0.179 e. The fourth-order valence-electron chi connectivity index (χ4n) is 1.25. The van der Waals surface area contributed by atoms with E-state index in [0.29, 0.717) is 4.90 Å². The van der Waals surface area contributed by atoms with Crippen molar-refractivity contribution in [1.82, 2.24) is 0 Å². The number of halogens is 1. The molecule has 0 heterocycles. The van der Waals surface area contributed by atoms with Crippen LogP contribution in [0, 0.1) is 17.1 Å². The second kappa shape index (κ2) is 4.89. The van der Waals surface area contributed by atoms with Gasteiger partial charge in [-0.2, -0.15) is 5.26 Å². The first-order valence-corrected chi connectivity index (χ1v) is 5.30. The molecule has 1 aromatic rings. The maximum atomic E-state index is 13.5. The van der Waals surface area contributed by atoms with E-state index in [1.54, 1.807) is 6.26 Å². The molecule has 0 amide bonds. The third-order valence-corrected chi connectivity index (χ3v) is 2.67. The predicted octanol–water partition coefficient (Wildman–Crippen LogP) is 2.44. The second-order valence-corrected chi connectivity index (χ2v) is 3.43. The highest BCUT2D eigenvalue weighted by molar-refractivity contribution is 7.98. The van der Waals surface area contributed by atoms with Crippen LogP contribution >= 0.6 is 11.8 Å². The molecule has 0 aliphatic rings. The van der Waals surface area contributed by atoms with Gasteiger partial charge in [0.25, 0.3) is 0 Å². The zero-order valence-corrected chi connectivity index (χ0v) is 9.44. The molecule has 0 aliphatic heterocycles. The Balaban J connectivity index is 3.53. The summed E-state index contributed by atoms with van der Waals surface area (Å²) in [5.74, 6) is 0.0593. The Morgan fingerprint density at radius 1 is 1.33 bits per heavy atom. The molecule has 80 valence electrons. The molecule has 0 bridgehead atoms. The summed E-state index contributed by atoms with van der Waals surface area (Å²) in [4.78, 5) is 0.341. The van der Waals surface area contributed by atoms with Crippen molar-refractivity contribution in [3.8, 4) is 17.6 Å². The second-order valence-electron chi connectivity index (χ2n) is 2.62. The molecule has 0 atom stereocenters. The summed E-state index contributed by atoms with van der Waals surface area (Å²) in [6, 6.07) is 3.01. The van der Waals surface area contributed by atoms with Crippen molar-refractivity contribution in [2.24, 2.45) is 0 Å². The highest BCUT2D eigenvalue weighted by atomic mass is 32.2. The summed E-state index contributed by atoms with van der Waals surface area (Å²) in [7, 11) is 2.83. The molecule has 0 radical (unpaired) electrons. The molecular formula is C10H10FNO2S. The normalized spacial score (nSPS) is 9.53. The van der Waals surface area contributed by atoms with Crippen LogP contribution in [0.2, 0.25) is 0 Å². The van der Waals surface area contributed by atoms with Gasteiger partial charge in [0.2, 0.25) is 0 Å². The Hall–Kier alpha value is -1.41. The molecule has 1 aromatic carbocycles. The van der Waals surface area contributed by atoms with Crippen LogP contribution < -0.4 is 9.47 Å². The summed E-state index contributed by atoms with van der Waals surface area (Å²) in [6.07, 6.45) is 1.73. The first kappa shape index (κ1) is 11.7. The standard InChI is InChI=1S/C10H10FNO2S/c1-13-8-6(5-12)4-7(11)10(15-3)9(8)14-2/h4H,1-3H3. The summed E-state index contributed by atoms with van der Waals surface area (Å²) in [6.45, 7) is 0. The molecule has 0 unspecified atom stereocenters. The predicted molar refractivity (Wildman–Crippen MR) is 56.0 cm³/mol. The Labute approximate surface area is 91.8 Å². The zero-order valence-electron chi connectivity index (χ0n) is 8.63. The van der Waals surface area contributed by atoms with E-state index in [4.69, 9.17) is 14.7 Å². The van der Waals surface area contributed by atoms with Crippen LogP contribution in [-0.4, -0.2) is 20.5 Å². The summed E-state index contributed by atoms with van der Waals surface area (Å²) >= 11 is 1.21. The molecule has 3 nitrogen and oxygen atoms in total. The molecule has 0 fully saturated rings. The van der Waals surface area contributed by atoms with Gasteiger partial charge < -0.3 is 9.47 Å². The number of nitrogens with zero attached hydrogens (tertiary/aromatic N) is 1. The zero-order chi connectivity index (χ0) is 11.4. The van der Waals surface area contributed by atoms with Crippen molar-refractivity contribution in [2.75, 3.05) is 20.5 Å². The third-order valence-electron chi connectivity index (χ3n) is 1.88. The van der Waals surface area contributed by atoms with E-state index in [0.717, 1.165) is 6.07 Å². The minimum Gasteiger partial charge on any atom is -0.492 e. The van der Waals surface area contributed by atoms with Crippen LogP contribution in [0.5, 0.6) is 11.5 Å². The minimum atomic E-state index is -0.475. The summed E-state index contributed by atoms with van der Waals surface area (Å²) in [5.41, 5.74) is 0.129. The molecule has 0 aliphatic carbocycles. The number of benzene rings is 1. The largest absolute Gasteiger partial charge is 0.492 e. The lowest BCUT2D eigenvalue weighted by Gasteiger charge is -2.13. The van der Waals surface area contributed by atoms with Gasteiger partial charge in [0.1, 0.15) is 17.4 Å². The van der Waals surface area contributed by atoms with Crippen LogP contribution in [0.3, 0.4) is 0 Å². The first-order chi connectivity index (χ1) is 7.19. The van der Waals surface area contributed by atoms with E-state index in [1.807, 2.05) is 6.07 Å². The van der Waals surface area contributed by atoms with E-state index >= 15 is 0 Å². The maximum absolute atomic E-state index is 13.5. The van der Waals surface area contributed by atoms with E-state index in [1.165, 1.54) is 26.0 Å². The van der Waals surface area contributed by atoms with Crippen LogP contribution in [0.25, 0.3) is 0 Å². The summed E-state index contributed by atoms with van der Waals surface area (Å²) in [5, 5.41) is 8.80. The molecule has 0 saturated carbocycles. The van der Waals surface area contributed by atoms with Gasteiger partial charge in [0.05, 0.1) is 19.1 Å². The van der Waals surface area contributed by atoms with Gasteiger partial charge in [0, 0.05) is 0 Å². The van der Waals surface area contributed by atoms with Gasteiger partial charge in [-0.3, -0.25) is 0 Å². The van der Waals surface area contributed by atoms with Crippen LogP contribution in [-0.2, 0) is 0 Å². The maximum Gasteiger partial charge on any atom is 0.179 e. The first-order valence-electron chi connectivity index (χ1n) is 4.08. The number of hydrogen-bond acceptors (Lipinski definition) is 4. The molecule has 15 heavy (non-hydrogen) atoms. The van der Waals surface area contributed by atoms with Crippen LogP contribution in [0.1, 0.15) is 5.56 Å². The van der Waals surface area contributed by atoms with Crippen molar-refractivity contribution < 1.29 is 13.9 Å². The summed E-state index contributed by atoms with van der Waals surface area (Å²) < 4.78 is 23.6. The van der Waals surface area contributed by atoms with Gasteiger partial charge in [-0.15, -0.1) is 11.8 Å².